The first kappa shape index (κ1) is 13.9. The second kappa shape index (κ2) is 6.59. The predicted molar refractivity (Wildman–Crippen MR) is 89.8 cm³/mol. The standard InChI is InChI=1S/C17H18INO/c18-15-7-5-13(6-8-15)12-20-17-4-2-1-3-14(17)11-19-16-9-10-16/h1-8,16,19H,9-12H2. The molecule has 20 heavy (non-hydrogen) atoms. The van der Waals surface area contributed by atoms with Gasteiger partial charge in [-0.1, -0.05) is 30.3 Å². The molecule has 0 amide bonds. The zero-order chi connectivity index (χ0) is 13.8. The van der Waals surface area contributed by atoms with Crippen LogP contribution in [-0.4, -0.2) is 6.04 Å². The molecule has 3 heteroatoms. The van der Waals surface area contributed by atoms with Crippen LogP contribution in [0.2, 0.25) is 0 Å². The van der Waals surface area contributed by atoms with Crippen molar-refractivity contribution in [3.8, 4) is 5.75 Å². The number of benzene rings is 2. The highest BCUT2D eigenvalue weighted by atomic mass is 127. The molecule has 104 valence electrons. The third kappa shape index (κ3) is 3.96. The summed E-state index contributed by atoms with van der Waals surface area (Å²) >= 11 is 2.32. The van der Waals surface area contributed by atoms with E-state index in [9.17, 15) is 0 Å². The minimum atomic E-state index is 0.622. The van der Waals surface area contributed by atoms with Crippen molar-refractivity contribution in [2.45, 2.75) is 32.0 Å². The molecular weight excluding hydrogens is 361 g/mol. The molecule has 0 radical (unpaired) electrons. The normalized spacial score (nSPS) is 14.2. The topological polar surface area (TPSA) is 21.3 Å². The first-order valence-corrected chi connectivity index (χ1v) is 8.08. The summed E-state index contributed by atoms with van der Waals surface area (Å²) in [6.07, 6.45) is 2.62. The monoisotopic (exact) mass is 379 g/mol. The van der Waals surface area contributed by atoms with Gasteiger partial charge in [0.25, 0.3) is 0 Å². The van der Waals surface area contributed by atoms with Crippen molar-refractivity contribution < 1.29 is 4.74 Å². The molecule has 0 atom stereocenters. The first-order valence-electron chi connectivity index (χ1n) is 7.00. The molecule has 1 aliphatic carbocycles. The van der Waals surface area contributed by atoms with Crippen molar-refractivity contribution in [2.75, 3.05) is 0 Å². The maximum absolute atomic E-state index is 5.97. The Morgan fingerprint density at radius 2 is 1.80 bits per heavy atom. The third-order valence-electron chi connectivity index (χ3n) is 3.44. The predicted octanol–water partition coefficient (Wildman–Crippen LogP) is 4.12. The zero-order valence-corrected chi connectivity index (χ0v) is 13.5. The zero-order valence-electron chi connectivity index (χ0n) is 11.3. The molecular formula is C17H18INO. The van der Waals surface area contributed by atoms with Crippen molar-refractivity contribution in [1.29, 1.82) is 0 Å². The van der Waals surface area contributed by atoms with Gasteiger partial charge in [-0.2, -0.15) is 0 Å². The molecule has 0 saturated heterocycles. The van der Waals surface area contributed by atoms with Crippen LogP contribution in [0.5, 0.6) is 5.75 Å². The number of halogens is 1. The highest BCUT2D eigenvalue weighted by molar-refractivity contribution is 14.1. The lowest BCUT2D eigenvalue weighted by Crippen LogP contribution is -2.16. The van der Waals surface area contributed by atoms with Crippen LogP contribution >= 0.6 is 22.6 Å². The molecule has 2 aromatic carbocycles. The van der Waals surface area contributed by atoms with Crippen LogP contribution in [0.1, 0.15) is 24.0 Å². The van der Waals surface area contributed by atoms with Crippen molar-refractivity contribution in [3.63, 3.8) is 0 Å². The van der Waals surface area contributed by atoms with Gasteiger partial charge in [-0.05, 0) is 59.2 Å². The Kier molecular flexibility index (Phi) is 4.58. The molecule has 1 saturated carbocycles. The fraction of sp³-hybridized carbons (Fsp3) is 0.294. The van der Waals surface area contributed by atoms with E-state index in [2.05, 4.69) is 70.4 Å². The van der Waals surface area contributed by atoms with E-state index < -0.39 is 0 Å². The molecule has 0 aromatic heterocycles. The van der Waals surface area contributed by atoms with Crippen LogP contribution in [0.4, 0.5) is 0 Å². The number of rotatable bonds is 6. The lowest BCUT2D eigenvalue weighted by molar-refractivity contribution is 0.302. The van der Waals surface area contributed by atoms with Gasteiger partial charge < -0.3 is 10.1 Å². The van der Waals surface area contributed by atoms with Gasteiger partial charge in [0.05, 0.1) is 0 Å². The van der Waals surface area contributed by atoms with Crippen LogP contribution < -0.4 is 10.1 Å². The van der Waals surface area contributed by atoms with Gasteiger partial charge >= 0.3 is 0 Å². The Morgan fingerprint density at radius 3 is 2.55 bits per heavy atom. The van der Waals surface area contributed by atoms with Gasteiger partial charge in [-0.25, -0.2) is 0 Å². The highest BCUT2D eigenvalue weighted by Crippen LogP contribution is 2.23. The molecule has 0 heterocycles. The van der Waals surface area contributed by atoms with Crippen molar-refractivity contribution in [1.82, 2.24) is 5.32 Å². The molecule has 1 aliphatic rings. The number of ether oxygens (including phenoxy) is 1. The largest absolute Gasteiger partial charge is 0.489 e. The summed E-state index contributed by atoms with van der Waals surface area (Å²) in [7, 11) is 0. The van der Waals surface area contributed by atoms with Crippen molar-refractivity contribution in [3.05, 3.63) is 63.2 Å². The maximum atomic E-state index is 5.97. The molecule has 3 rings (SSSR count). The minimum Gasteiger partial charge on any atom is -0.489 e. The minimum absolute atomic E-state index is 0.622. The number of nitrogens with one attached hydrogen (secondary N) is 1. The molecule has 2 nitrogen and oxygen atoms in total. The summed E-state index contributed by atoms with van der Waals surface area (Å²) in [5.74, 6) is 0.985. The summed E-state index contributed by atoms with van der Waals surface area (Å²) in [6.45, 7) is 1.52. The highest BCUT2D eigenvalue weighted by Gasteiger charge is 2.20. The molecule has 2 aromatic rings. The Bertz CT molecular complexity index is 563. The second-order valence-corrected chi connectivity index (χ2v) is 6.42. The van der Waals surface area contributed by atoms with Crippen LogP contribution in [0.25, 0.3) is 0 Å². The van der Waals surface area contributed by atoms with E-state index >= 15 is 0 Å². The van der Waals surface area contributed by atoms with E-state index in [1.54, 1.807) is 0 Å². The van der Waals surface area contributed by atoms with E-state index in [4.69, 9.17) is 4.74 Å². The molecule has 0 unspecified atom stereocenters. The van der Waals surface area contributed by atoms with Gasteiger partial charge in [0.1, 0.15) is 12.4 Å². The number of hydrogen-bond donors (Lipinski definition) is 1. The van der Waals surface area contributed by atoms with Crippen LogP contribution in [0, 0.1) is 3.57 Å². The molecule has 0 spiro atoms. The summed E-state index contributed by atoms with van der Waals surface area (Å²) in [5, 5.41) is 3.54. The smallest absolute Gasteiger partial charge is 0.124 e. The molecule has 0 aliphatic heterocycles. The average Bonchev–Trinajstić information content (AvgIpc) is 3.30. The Balaban J connectivity index is 1.62. The summed E-state index contributed by atoms with van der Waals surface area (Å²) in [4.78, 5) is 0. The fourth-order valence-corrected chi connectivity index (χ4v) is 2.43. The Morgan fingerprint density at radius 1 is 1.05 bits per heavy atom. The van der Waals surface area contributed by atoms with Crippen molar-refractivity contribution in [2.24, 2.45) is 0 Å². The second-order valence-electron chi connectivity index (χ2n) is 5.18. The average molecular weight is 379 g/mol. The molecule has 1 fully saturated rings. The van der Waals surface area contributed by atoms with Gasteiger partial charge in [0.2, 0.25) is 0 Å². The summed E-state index contributed by atoms with van der Waals surface area (Å²) in [5.41, 5.74) is 2.44. The third-order valence-corrected chi connectivity index (χ3v) is 4.16. The Labute approximate surface area is 133 Å². The van der Waals surface area contributed by atoms with Crippen molar-refractivity contribution >= 4 is 22.6 Å². The Hall–Kier alpha value is -1.07. The lowest BCUT2D eigenvalue weighted by Gasteiger charge is -2.12. The van der Waals surface area contributed by atoms with E-state index in [0.717, 1.165) is 18.3 Å². The number of para-hydroxylation sites is 1. The van der Waals surface area contributed by atoms with Gasteiger partial charge in [-0.3, -0.25) is 0 Å². The van der Waals surface area contributed by atoms with E-state index in [1.165, 1.54) is 27.5 Å². The SMILES string of the molecule is Ic1ccc(COc2ccccc2CNC2CC2)cc1. The lowest BCUT2D eigenvalue weighted by atomic mass is 10.2. The summed E-state index contributed by atoms with van der Waals surface area (Å²) in [6, 6.07) is 17.5. The first-order chi connectivity index (χ1) is 9.81. The van der Waals surface area contributed by atoms with Gasteiger partial charge in [0, 0.05) is 21.7 Å². The molecule has 0 bridgehead atoms. The quantitative estimate of drug-likeness (QED) is 0.763. The van der Waals surface area contributed by atoms with Crippen LogP contribution in [0.3, 0.4) is 0 Å². The fourth-order valence-electron chi connectivity index (χ4n) is 2.07. The van der Waals surface area contributed by atoms with E-state index in [-0.39, 0.29) is 0 Å². The van der Waals surface area contributed by atoms with Crippen LogP contribution in [0.15, 0.2) is 48.5 Å². The van der Waals surface area contributed by atoms with E-state index in [0.29, 0.717) is 6.61 Å². The van der Waals surface area contributed by atoms with Gasteiger partial charge in [-0.15, -0.1) is 0 Å². The van der Waals surface area contributed by atoms with Crippen LogP contribution in [-0.2, 0) is 13.2 Å². The number of hydrogen-bond acceptors (Lipinski definition) is 2. The molecule has 1 N–H and O–H groups in total. The van der Waals surface area contributed by atoms with Gasteiger partial charge in [0.15, 0.2) is 0 Å². The maximum Gasteiger partial charge on any atom is 0.124 e. The van der Waals surface area contributed by atoms with E-state index in [1.807, 2.05) is 6.07 Å². The summed E-state index contributed by atoms with van der Waals surface area (Å²) < 4.78 is 7.22.